The molecule has 0 aliphatic carbocycles. The van der Waals surface area contributed by atoms with Crippen LogP contribution in [0.5, 0.6) is 0 Å². The first-order chi connectivity index (χ1) is 9.58. The van der Waals surface area contributed by atoms with Crippen molar-refractivity contribution >= 4 is 35.0 Å². The lowest BCUT2D eigenvalue weighted by Crippen LogP contribution is -2.23. The van der Waals surface area contributed by atoms with Gasteiger partial charge in [-0.25, -0.2) is 0 Å². The summed E-state index contributed by atoms with van der Waals surface area (Å²) in [5.74, 6) is 1.51. The van der Waals surface area contributed by atoms with Gasteiger partial charge in [-0.2, -0.15) is 0 Å². The minimum atomic E-state index is -0.168. The van der Waals surface area contributed by atoms with E-state index < -0.39 is 0 Å². The fourth-order valence-electron chi connectivity index (χ4n) is 1.65. The highest BCUT2D eigenvalue weighted by atomic mass is 35.5. The van der Waals surface area contributed by atoms with Crippen molar-refractivity contribution in [1.82, 2.24) is 0 Å². The monoisotopic (exact) mass is 309 g/mol. The Morgan fingerprint density at radius 1 is 1.40 bits per heavy atom. The van der Waals surface area contributed by atoms with Gasteiger partial charge in [0.25, 0.3) is 0 Å². The minimum Gasteiger partial charge on any atom is -0.468 e. The normalized spacial score (nSPS) is 12.2. The number of hydrogen-bond donors (Lipinski definition) is 1. The highest BCUT2D eigenvalue weighted by Gasteiger charge is 2.15. The van der Waals surface area contributed by atoms with E-state index in [4.69, 9.17) is 16.0 Å². The highest BCUT2D eigenvalue weighted by Crippen LogP contribution is 2.24. The van der Waals surface area contributed by atoms with Crippen LogP contribution in [0, 0.1) is 6.92 Å². The number of carbonyl (C=O) groups is 1. The molecule has 0 fully saturated rings. The van der Waals surface area contributed by atoms with Crippen molar-refractivity contribution < 1.29 is 9.21 Å². The molecule has 1 atom stereocenters. The maximum absolute atomic E-state index is 12.1. The Labute approximate surface area is 127 Å². The Kier molecular flexibility index (Phi) is 5.15. The summed E-state index contributed by atoms with van der Waals surface area (Å²) in [6, 6.07) is 9.23. The molecule has 0 aliphatic rings. The summed E-state index contributed by atoms with van der Waals surface area (Å²) >= 11 is 7.57. The Hall–Kier alpha value is -1.39. The van der Waals surface area contributed by atoms with Crippen LogP contribution in [0.2, 0.25) is 5.02 Å². The largest absolute Gasteiger partial charge is 0.468 e. The Morgan fingerprint density at radius 2 is 2.20 bits per heavy atom. The summed E-state index contributed by atoms with van der Waals surface area (Å²) in [6.45, 7) is 3.77. The van der Waals surface area contributed by atoms with Gasteiger partial charge in [0.2, 0.25) is 5.91 Å². The minimum absolute atomic E-state index is 0.0353. The van der Waals surface area contributed by atoms with Crippen molar-refractivity contribution in [1.29, 1.82) is 0 Å². The lowest BCUT2D eigenvalue weighted by molar-refractivity contribution is -0.115. The molecule has 5 heteroatoms. The third-order valence-electron chi connectivity index (χ3n) is 2.95. The number of amides is 1. The predicted molar refractivity (Wildman–Crippen MR) is 84.3 cm³/mol. The molecule has 20 heavy (non-hydrogen) atoms. The van der Waals surface area contributed by atoms with Gasteiger partial charge in [0, 0.05) is 10.7 Å². The van der Waals surface area contributed by atoms with Crippen molar-refractivity contribution in [3.63, 3.8) is 0 Å². The molecule has 0 bridgehead atoms. The average Bonchev–Trinajstić information content (AvgIpc) is 2.94. The van der Waals surface area contributed by atoms with Gasteiger partial charge in [0.15, 0.2) is 0 Å². The van der Waals surface area contributed by atoms with Crippen LogP contribution in [0.1, 0.15) is 18.2 Å². The molecular formula is C15H16ClNO2S. The first-order valence-electron chi connectivity index (χ1n) is 6.28. The fourth-order valence-corrected chi connectivity index (χ4v) is 2.62. The predicted octanol–water partition coefficient (Wildman–Crippen LogP) is 4.50. The van der Waals surface area contributed by atoms with Gasteiger partial charge in [-0.3, -0.25) is 4.79 Å². The van der Waals surface area contributed by atoms with Crippen LogP contribution in [-0.4, -0.2) is 11.2 Å². The Balaban J connectivity index is 1.92. The third-order valence-corrected chi connectivity index (χ3v) is 4.53. The van der Waals surface area contributed by atoms with Crippen molar-refractivity contribution in [2.45, 2.75) is 24.9 Å². The number of halogens is 1. The summed E-state index contributed by atoms with van der Waals surface area (Å²) in [7, 11) is 0. The van der Waals surface area contributed by atoms with Gasteiger partial charge < -0.3 is 9.73 Å². The Bertz CT molecular complexity index is 584. The molecule has 2 aromatic rings. The zero-order valence-corrected chi connectivity index (χ0v) is 12.9. The van der Waals surface area contributed by atoms with Gasteiger partial charge in [0.1, 0.15) is 5.76 Å². The average molecular weight is 310 g/mol. The maximum atomic E-state index is 12.1. The first-order valence-corrected chi connectivity index (χ1v) is 7.70. The summed E-state index contributed by atoms with van der Waals surface area (Å²) in [5, 5.41) is 3.39. The number of thioether (sulfide) groups is 1. The molecule has 0 saturated heterocycles. The second-order valence-corrected chi connectivity index (χ2v) is 6.17. The standard InChI is InChI=1S/C15H16ClNO2S/c1-10-13(16)6-3-7-14(10)17-15(18)11(2)20-9-12-5-4-8-19-12/h3-8,11H,9H2,1-2H3,(H,17,18). The van der Waals surface area contributed by atoms with E-state index in [0.29, 0.717) is 10.8 Å². The first kappa shape index (κ1) is 15.0. The number of carbonyl (C=O) groups excluding carboxylic acids is 1. The molecule has 1 heterocycles. The van der Waals surface area contributed by atoms with Crippen molar-refractivity contribution in [2.24, 2.45) is 0 Å². The molecule has 106 valence electrons. The molecule has 1 amide bonds. The van der Waals surface area contributed by atoms with E-state index in [9.17, 15) is 4.79 Å². The summed E-state index contributed by atoms with van der Waals surface area (Å²) in [6.07, 6.45) is 1.63. The van der Waals surface area contributed by atoms with Crippen LogP contribution in [0.25, 0.3) is 0 Å². The molecule has 0 radical (unpaired) electrons. The molecule has 0 aliphatic heterocycles. The van der Waals surface area contributed by atoms with E-state index in [0.717, 1.165) is 17.0 Å². The SMILES string of the molecule is Cc1c(Cl)cccc1NC(=O)C(C)SCc1ccco1. The molecular weight excluding hydrogens is 294 g/mol. The van der Waals surface area contributed by atoms with E-state index >= 15 is 0 Å². The molecule has 0 saturated carbocycles. The zero-order valence-electron chi connectivity index (χ0n) is 11.4. The lowest BCUT2D eigenvalue weighted by atomic mass is 10.2. The van der Waals surface area contributed by atoms with E-state index in [1.165, 1.54) is 11.8 Å². The highest BCUT2D eigenvalue weighted by molar-refractivity contribution is 7.99. The van der Waals surface area contributed by atoms with Gasteiger partial charge in [-0.15, -0.1) is 11.8 Å². The molecule has 0 spiro atoms. The summed E-state index contributed by atoms with van der Waals surface area (Å²) in [5.41, 5.74) is 1.64. The lowest BCUT2D eigenvalue weighted by Gasteiger charge is -2.13. The molecule has 2 rings (SSSR count). The second kappa shape index (κ2) is 6.86. The quantitative estimate of drug-likeness (QED) is 0.884. The summed E-state index contributed by atoms with van der Waals surface area (Å²) < 4.78 is 5.25. The number of benzene rings is 1. The maximum Gasteiger partial charge on any atom is 0.237 e. The van der Waals surface area contributed by atoms with Crippen LogP contribution >= 0.6 is 23.4 Å². The Morgan fingerprint density at radius 3 is 2.90 bits per heavy atom. The zero-order chi connectivity index (χ0) is 14.5. The van der Waals surface area contributed by atoms with Crippen LogP contribution in [0.15, 0.2) is 41.0 Å². The van der Waals surface area contributed by atoms with Gasteiger partial charge in [0.05, 0.1) is 17.3 Å². The second-order valence-electron chi connectivity index (χ2n) is 4.43. The number of hydrogen-bond acceptors (Lipinski definition) is 3. The molecule has 1 N–H and O–H groups in total. The van der Waals surface area contributed by atoms with Crippen LogP contribution in [0.3, 0.4) is 0 Å². The van der Waals surface area contributed by atoms with E-state index in [2.05, 4.69) is 5.32 Å². The van der Waals surface area contributed by atoms with Crippen molar-refractivity contribution in [3.8, 4) is 0 Å². The topological polar surface area (TPSA) is 42.2 Å². The number of rotatable bonds is 5. The number of anilines is 1. The smallest absolute Gasteiger partial charge is 0.237 e. The number of nitrogens with one attached hydrogen (secondary N) is 1. The van der Waals surface area contributed by atoms with Crippen LogP contribution in [-0.2, 0) is 10.5 Å². The third kappa shape index (κ3) is 3.81. The van der Waals surface area contributed by atoms with Gasteiger partial charge in [-0.1, -0.05) is 17.7 Å². The molecule has 1 aromatic carbocycles. The van der Waals surface area contributed by atoms with Crippen molar-refractivity contribution in [2.75, 3.05) is 5.32 Å². The van der Waals surface area contributed by atoms with E-state index in [-0.39, 0.29) is 11.2 Å². The van der Waals surface area contributed by atoms with Crippen molar-refractivity contribution in [3.05, 3.63) is 52.9 Å². The van der Waals surface area contributed by atoms with Crippen LogP contribution < -0.4 is 5.32 Å². The molecule has 1 aromatic heterocycles. The van der Waals surface area contributed by atoms with E-state index in [1.54, 1.807) is 6.26 Å². The van der Waals surface area contributed by atoms with Gasteiger partial charge >= 0.3 is 0 Å². The molecule has 3 nitrogen and oxygen atoms in total. The van der Waals surface area contributed by atoms with Crippen LogP contribution in [0.4, 0.5) is 5.69 Å². The number of furan rings is 1. The fraction of sp³-hybridized carbons (Fsp3) is 0.267. The summed E-state index contributed by atoms with van der Waals surface area (Å²) in [4.78, 5) is 12.1. The molecule has 1 unspecified atom stereocenters. The van der Waals surface area contributed by atoms with Gasteiger partial charge in [-0.05, 0) is 43.7 Å². The van der Waals surface area contributed by atoms with E-state index in [1.807, 2.05) is 44.2 Å².